The van der Waals surface area contributed by atoms with Crippen LogP contribution in [0.4, 0.5) is 5.69 Å². The standard InChI is InChI=1S/C26H27BrN2O4S/c1-18-10-12-20(13-11-18)29(34(31,32)21-14-15-25(33-2)23(27)16-21)17-26(30)28-24-9-5-7-19-6-3-4-8-22(19)24/h3-4,6,8,10-16,24H,5,7,9,17H2,1-2H3,(H,28,30). The van der Waals surface area contributed by atoms with Crippen LogP contribution < -0.4 is 14.4 Å². The quantitative estimate of drug-likeness (QED) is 0.447. The molecule has 0 fully saturated rings. The van der Waals surface area contributed by atoms with E-state index in [9.17, 15) is 13.2 Å². The molecule has 1 N–H and O–H groups in total. The van der Waals surface area contributed by atoms with Crippen molar-refractivity contribution in [1.29, 1.82) is 0 Å². The van der Waals surface area contributed by atoms with Gasteiger partial charge in [0.05, 0.1) is 28.2 Å². The highest BCUT2D eigenvalue weighted by molar-refractivity contribution is 9.10. The summed E-state index contributed by atoms with van der Waals surface area (Å²) in [5.41, 5.74) is 3.75. The van der Waals surface area contributed by atoms with Crippen LogP contribution in [0.3, 0.4) is 0 Å². The summed E-state index contributed by atoms with van der Waals surface area (Å²) in [5, 5.41) is 3.07. The molecule has 0 aromatic heterocycles. The summed E-state index contributed by atoms with van der Waals surface area (Å²) >= 11 is 3.36. The van der Waals surface area contributed by atoms with Crippen LogP contribution in [0.1, 0.15) is 35.6 Å². The van der Waals surface area contributed by atoms with Gasteiger partial charge in [-0.25, -0.2) is 8.42 Å². The fourth-order valence-corrected chi connectivity index (χ4v) is 6.38. The molecule has 0 saturated heterocycles. The molecule has 34 heavy (non-hydrogen) atoms. The van der Waals surface area contributed by atoms with E-state index in [1.54, 1.807) is 18.2 Å². The van der Waals surface area contributed by atoms with Gasteiger partial charge in [-0.1, -0.05) is 42.0 Å². The van der Waals surface area contributed by atoms with Gasteiger partial charge in [0, 0.05) is 0 Å². The smallest absolute Gasteiger partial charge is 0.264 e. The van der Waals surface area contributed by atoms with Crippen molar-refractivity contribution in [2.24, 2.45) is 0 Å². The molecule has 178 valence electrons. The Morgan fingerprint density at radius 1 is 1.12 bits per heavy atom. The highest BCUT2D eigenvalue weighted by atomic mass is 79.9. The minimum Gasteiger partial charge on any atom is -0.496 e. The molecule has 0 radical (unpaired) electrons. The Kier molecular flexibility index (Phi) is 7.28. The Balaban J connectivity index is 1.64. The van der Waals surface area contributed by atoms with Gasteiger partial charge in [-0.3, -0.25) is 9.10 Å². The number of amides is 1. The number of ether oxygens (including phenoxy) is 1. The average molecular weight is 543 g/mol. The number of fused-ring (bicyclic) bond motifs is 1. The molecule has 1 atom stereocenters. The van der Waals surface area contributed by atoms with Crippen LogP contribution >= 0.6 is 15.9 Å². The number of hydrogen-bond acceptors (Lipinski definition) is 4. The van der Waals surface area contributed by atoms with Crippen molar-refractivity contribution in [2.45, 2.75) is 37.1 Å². The number of hydrogen-bond donors (Lipinski definition) is 1. The fourth-order valence-electron chi connectivity index (χ4n) is 4.24. The van der Waals surface area contributed by atoms with Gasteiger partial charge >= 0.3 is 0 Å². The van der Waals surface area contributed by atoms with E-state index in [1.807, 2.05) is 37.3 Å². The third-order valence-electron chi connectivity index (χ3n) is 6.03. The van der Waals surface area contributed by atoms with Crippen LogP contribution in [-0.2, 0) is 21.2 Å². The van der Waals surface area contributed by atoms with Crippen molar-refractivity contribution in [2.75, 3.05) is 18.0 Å². The van der Waals surface area contributed by atoms with Gasteiger partial charge in [0.15, 0.2) is 0 Å². The topological polar surface area (TPSA) is 75.7 Å². The summed E-state index contributed by atoms with van der Waals surface area (Å²) in [4.78, 5) is 13.2. The summed E-state index contributed by atoms with van der Waals surface area (Å²) in [6.07, 6.45) is 2.78. The second kappa shape index (κ2) is 10.2. The van der Waals surface area contributed by atoms with Gasteiger partial charge in [0.2, 0.25) is 5.91 Å². The molecule has 0 spiro atoms. The molecule has 4 rings (SSSR count). The molecule has 0 saturated carbocycles. The normalized spacial score (nSPS) is 15.3. The number of nitrogens with one attached hydrogen (secondary N) is 1. The molecule has 0 heterocycles. The van der Waals surface area contributed by atoms with Crippen LogP contribution in [0.15, 0.2) is 76.1 Å². The first-order chi connectivity index (χ1) is 16.3. The predicted octanol–water partition coefficient (Wildman–Crippen LogP) is 5.16. The number of benzene rings is 3. The minimum absolute atomic E-state index is 0.0663. The van der Waals surface area contributed by atoms with Crippen LogP contribution in [0, 0.1) is 6.92 Å². The Morgan fingerprint density at radius 3 is 2.56 bits per heavy atom. The number of carbonyl (C=O) groups excluding carboxylic acids is 1. The van der Waals surface area contributed by atoms with E-state index in [2.05, 4.69) is 27.3 Å². The molecule has 8 heteroatoms. The van der Waals surface area contributed by atoms with Crippen molar-refractivity contribution in [3.05, 3.63) is 87.9 Å². The highest BCUT2D eigenvalue weighted by Gasteiger charge is 2.29. The molecule has 1 aliphatic rings. The van der Waals surface area contributed by atoms with Crippen LogP contribution in [0.25, 0.3) is 0 Å². The van der Waals surface area contributed by atoms with Crippen molar-refractivity contribution in [1.82, 2.24) is 5.32 Å². The lowest BCUT2D eigenvalue weighted by atomic mass is 9.88. The Morgan fingerprint density at radius 2 is 1.85 bits per heavy atom. The number of sulfonamides is 1. The Hall–Kier alpha value is -2.84. The molecule has 3 aromatic carbocycles. The van der Waals surface area contributed by atoms with E-state index in [-0.39, 0.29) is 23.4 Å². The number of methoxy groups -OCH3 is 1. The molecule has 0 aliphatic heterocycles. The number of halogens is 1. The summed E-state index contributed by atoms with van der Waals surface area (Å²) in [6.45, 7) is 1.60. The van der Waals surface area contributed by atoms with Crippen LogP contribution in [0.2, 0.25) is 0 Å². The number of nitrogens with zero attached hydrogens (tertiary/aromatic N) is 1. The van der Waals surface area contributed by atoms with Gasteiger partial charge in [-0.15, -0.1) is 0 Å². The summed E-state index contributed by atoms with van der Waals surface area (Å²) < 4.78 is 34.3. The zero-order valence-corrected chi connectivity index (χ0v) is 21.5. The molecule has 1 amide bonds. The fraction of sp³-hybridized carbons (Fsp3) is 0.269. The molecular formula is C26H27BrN2O4S. The lowest BCUT2D eigenvalue weighted by molar-refractivity contribution is -0.120. The first kappa shape index (κ1) is 24.3. The van der Waals surface area contributed by atoms with E-state index >= 15 is 0 Å². The van der Waals surface area contributed by atoms with E-state index in [0.717, 1.165) is 34.7 Å². The van der Waals surface area contributed by atoms with Gasteiger partial charge < -0.3 is 10.1 Å². The molecule has 6 nitrogen and oxygen atoms in total. The molecule has 0 bridgehead atoms. The van der Waals surface area contributed by atoms with Crippen LogP contribution in [-0.4, -0.2) is 28.0 Å². The van der Waals surface area contributed by atoms with E-state index < -0.39 is 10.0 Å². The maximum Gasteiger partial charge on any atom is 0.264 e. The monoisotopic (exact) mass is 542 g/mol. The van der Waals surface area contributed by atoms with Gasteiger partial charge in [0.1, 0.15) is 12.3 Å². The number of carbonyl (C=O) groups is 1. The first-order valence-corrected chi connectivity index (χ1v) is 13.3. The molecular weight excluding hydrogens is 516 g/mol. The highest BCUT2D eigenvalue weighted by Crippen LogP contribution is 2.32. The first-order valence-electron chi connectivity index (χ1n) is 11.1. The van der Waals surface area contributed by atoms with Gasteiger partial charge in [0.25, 0.3) is 10.0 Å². The van der Waals surface area contributed by atoms with Gasteiger partial charge in [-0.2, -0.15) is 0 Å². The third kappa shape index (κ3) is 5.13. The molecule has 3 aromatic rings. The lowest BCUT2D eigenvalue weighted by Gasteiger charge is -2.29. The number of aryl methyl sites for hydroxylation is 2. The lowest BCUT2D eigenvalue weighted by Crippen LogP contribution is -2.42. The van der Waals surface area contributed by atoms with Gasteiger partial charge in [-0.05, 0) is 83.6 Å². The van der Waals surface area contributed by atoms with E-state index in [4.69, 9.17) is 4.74 Å². The zero-order valence-electron chi connectivity index (χ0n) is 19.1. The third-order valence-corrected chi connectivity index (χ3v) is 8.41. The largest absolute Gasteiger partial charge is 0.496 e. The summed E-state index contributed by atoms with van der Waals surface area (Å²) in [7, 11) is -2.51. The van der Waals surface area contributed by atoms with Crippen molar-refractivity contribution < 1.29 is 17.9 Å². The SMILES string of the molecule is COc1ccc(S(=O)(=O)N(CC(=O)NC2CCCc3ccccc32)c2ccc(C)cc2)cc1Br. The number of anilines is 1. The minimum atomic E-state index is -4.02. The second-order valence-corrected chi connectivity index (χ2v) is 11.1. The van der Waals surface area contributed by atoms with Crippen molar-refractivity contribution in [3.63, 3.8) is 0 Å². The predicted molar refractivity (Wildman–Crippen MR) is 137 cm³/mol. The number of rotatable bonds is 7. The maximum atomic E-state index is 13.7. The molecule has 1 aliphatic carbocycles. The Bertz CT molecular complexity index is 1290. The average Bonchev–Trinajstić information content (AvgIpc) is 2.83. The molecule has 1 unspecified atom stereocenters. The van der Waals surface area contributed by atoms with Crippen molar-refractivity contribution >= 4 is 37.5 Å². The second-order valence-electron chi connectivity index (χ2n) is 8.35. The van der Waals surface area contributed by atoms with Crippen LogP contribution in [0.5, 0.6) is 5.75 Å². The maximum absolute atomic E-state index is 13.7. The van der Waals surface area contributed by atoms with E-state index in [0.29, 0.717) is 15.9 Å². The van der Waals surface area contributed by atoms with Crippen molar-refractivity contribution in [3.8, 4) is 5.75 Å². The Labute approximate surface area is 209 Å². The summed E-state index contributed by atoms with van der Waals surface area (Å²) in [5.74, 6) is 0.174. The summed E-state index contributed by atoms with van der Waals surface area (Å²) in [6, 6.07) is 19.6. The zero-order chi connectivity index (χ0) is 24.3. The van der Waals surface area contributed by atoms with E-state index in [1.165, 1.54) is 24.8 Å².